The van der Waals surface area contributed by atoms with E-state index in [1.807, 2.05) is 42.5 Å². The number of aliphatic hydroxyl groups is 1. The van der Waals surface area contributed by atoms with Gasteiger partial charge in [0.25, 0.3) is 0 Å². The molecule has 16 heteroatoms. The van der Waals surface area contributed by atoms with Gasteiger partial charge in [0.15, 0.2) is 16.1 Å². The normalized spacial score (nSPS) is 11.1. The third kappa shape index (κ3) is 10.4. The smallest absolute Gasteiger partial charge is 0.407 e. The van der Waals surface area contributed by atoms with Gasteiger partial charge < -0.3 is 29.4 Å². The Morgan fingerprint density at radius 3 is 2.26 bits per heavy atom. The van der Waals surface area contributed by atoms with Crippen molar-refractivity contribution < 1.29 is 42.1 Å². The van der Waals surface area contributed by atoms with Gasteiger partial charge in [0.05, 0.1) is 27.1 Å². The molecule has 0 atom stereocenters. The SMILES string of the molecule is CS(=O)(=O)c1cncc(COc2nc(OCc3cccc(-c4cccc(-c5ccc(OCCOC(=O)NCCO)cc5)c4Cl)c3Cl)c(Cl)cc2C=O)c1. The third-order valence-electron chi connectivity index (χ3n) is 7.50. The highest BCUT2D eigenvalue weighted by Gasteiger charge is 2.18. The quantitative estimate of drug-likeness (QED) is 0.0764. The van der Waals surface area contributed by atoms with E-state index >= 15 is 0 Å². The molecule has 0 unspecified atom stereocenters. The number of aromatic nitrogens is 2. The molecular weight excluding hydrogens is 769 g/mol. The van der Waals surface area contributed by atoms with Crippen LogP contribution in [0.5, 0.6) is 17.5 Å². The molecule has 12 nitrogen and oxygen atoms in total. The van der Waals surface area contributed by atoms with Crippen LogP contribution < -0.4 is 19.5 Å². The van der Waals surface area contributed by atoms with Crippen LogP contribution in [0, 0.1) is 0 Å². The Morgan fingerprint density at radius 2 is 1.55 bits per heavy atom. The van der Waals surface area contributed by atoms with Gasteiger partial charge in [0.2, 0.25) is 11.8 Å². The van der Waals surface area contributed by atoms with Gasteiger partial charge in [-0.1, -0.05) is 83.3 Å². The predicted octanol–water partition coefficient (Wildman–Crippen LogP) is 7.24. The molecular formula is C37H32Cl3N3O9S. The number of alkyl carbamates (subject to hydrolysis) is 1. The summed E-state index contributed by atoms with van der Waals surface area (Å²) in [4.78, 5) is 31.5. The third-order valence-corrected chi connectivity index (χ3v) is 9.70. The van der Waals surface area contributed by atoms with Crippen molar-refractivity contribution >= 4 is 57.0 Å². The molecule has 0 bridgehead atoms. The summed E-state index contributed by atoms with van der Waals surface area (Å²) in [5.74, 6) is 0.489. The molecule has 276 valence electrons. The summed E-state index contributed by atoms with van der Waals surface area (Å²) >= 11 is 20.3. The van der Waals surface area contributed by atoms with Crippen LogP contribution in [0.2, 0.25) is 15.1 Å². The van der Waals surface area contributed by atoms with E-state index in [-0.39, 0.29) is 66.8 Å². The number of aldehydes is 1. The van der Waals surface area contributed by atoms with Crippen molar-refractivity contribution in [2.45, 2.75) is 18.1 Å². The highest BCUT2D eigenvalue weighted by atomic mass is 35.5. The number of carbonyl (C=O) groups is 2. The summed E-state index contributed by atoms with van der Waals surface area (Å²) in [7, 11) is -3.48. The van der Waals surface area contributed by atoms with Crippen LogP contribution in [0.15, 0.2) is 90.1 Å². The molecule has 0 spiro atoms. The number of sulfone groups is 1. The van der Waals surface area contributed by atoms with E-state index in [9.17, 15) is 18.0 Å². The Morgan fingerprint density at radius 1 is 0.849 bits per heavy atom. The largest absolute Gasteiger partial charge is 0.490 e. The zero-order chi connectivity index (χ0) is 38.0. The minimum absolute atomic E-state index is 0.0136. The molecule has 5 rings (SSSR count). The Labute approximate surface area is 320 Å². The molecule has 0 aliphatic heterocycles. The highest BCUT2D eigenvalue weighted by molar-refractivity contribution is 7.90. The van der Waals surface area contributed by atoms with E-state index in [0.717, 1.165) is 17.4 Å². The fourth-order valence-corrected chi connectivity index (χ4v) is 6.36. The number of carbonyl (C=O) groups excluding carboxylic acids is 2. The second kappa shape index (κ2) is 18.2. The molecule has 0 fully saturated rings. The molecule has 0 saturated heterocycles. The maximum Gasteiger partial charge on any atom is 0.407 e. The van der Waals surface area contributed by atoms with Crippen LogP contribution in [0.4, 0.5) is 4.79 Å². The minimum Gasteiger partial charge on any atom is -0.490 e. The molecule has 1 amide bonds. The summed E-state index contributed by atoms with van der Waals surface area (Å²) < 4.78 is 46.2. The average Bonchev–Trinajstić information content (AvgIpc) is 3.15. The van der Waals surface area contributed by atoms with Crippen LogP contribution in [0.3, 0.4) is 0 Å². The number of amides is 1. The molecule has 2 N–H and O–H groups in total. The maximum absolute atomic E-state index is 11.9. The number of ether oxygens (including phenoxy) is 4. The number of halogens is 3. The van der Waals surface area contributed by atoms with Gasteiger partial charge >= 0.3 is 6.09 Å². The lowest BCUT2D eigenvalue weighted by Gasteiger charge is -2.15. The minimum atomic E-state index is -3.48. The molecule has 0 radical (unpaired) electrons. The number of hydrogen-bond acceptors (Lipinski definition) is 11. The van der Waals surface area contributed by atoms with Crippen molar-refractivity contribution in [1.82, 2.24) is 15.3 Å². The Bertz CT molecular complexity index is 2200. The zero-order valence-corrected chi connectivity index (χ0v) is 31.1. The Balaban J connectivity index is 1.28. The fraction of sp³-hybridized carbons (Fsp3) is 0.189. The lowest BCUT2D eigenvalue weighted by Crippen LogP contribution is -2.28. The van der Waals surface area contributed by atoms with E-state index in [1.165, 1.54) is 24.5 Å². The molecule has 0 aliphatic rings. The molecule has 5 aromatic rings. The van der Waals surface area contributed by atoms with Crippen LogP contribution >= 0.6 is 34.8 Å². The number of aliphatic hydroxyl groups excluding tert-OH is 1. The lowest BCUT2D eigenvalue weighted by atomic mass is 9.97. The number of hydrogen-bond donors (Lipinski definition) is 2. The van der Waals surface area contributed by atoms with Gasteiger partial charge in [0.1, 0.15) is 37.2 Å². The zero-order valence-electron chi connectivity index (χ0n) is 28.1. The second-order valence-corrected chi connectivity index (χ2v) is 14.4. The van der Waals surface area contributed by atoms with Gasteiger partial charge in [-0.15, -0.1) is 0 Å². The summed E-state index contributed by atoms with van der Waals surface area (Å²) in [6.07, 6.45) is 3.65. The number of pyridine rings is 2. The number of nitrogens with zero attached hydrogens (tertiary/aromatic N) is 2. The summed E-state index contributed by atoms with van der Waals surface area (Å²) in [6, 6.07) is 21.1. The van der Waals surface area contributed by atoms with E-state index < -0.39 is 15.9 Å². The first-order valence-corrected chi connectivity index (χ1v) is 18.9. The van der Waals surface area contributed by atoms with E-state index in [1.54, 1.807) is 18.2 Å². The first-order valence-electron chi connectivity index (χ1n) is 15.8. The van der Waals surface area contributed by atoms with Crippen LogP contribution in [-0.4, -0.2) is 68.5 Å². The first-order chi connectivity index (χ1) is 25.5. The van der Waals surface area contributed by atoms with Gasteiger partial charge in [-0.3, -0.25) is 9.78 Å². The van der Waals surface area contributed by atoms with Crippen molar-refractivity contribution in [3.05, 3.63) is 117 Å². The molecule has 3 aromatic carbocycles. The lowest BCUT2D eigenvalue weighted by molar-refractivity contribution is 0.111. The summed E-state index contributed by atoms with van der Waals surface area (Å²) in [5.41, 5.74) is 4.05. The summed E-state index contributed by atoms with van der Waals surface area (Å²) in [6.45, 7) is -0.0628. The predicted molar refractivity (Wildman–Crippen MR) is 200 cm³/mol. The van der Waals surface area contributed by atoms with Crippen LogP contribution in [0.25, 0.3) is 22.3 Å². The standard InChI is InChI=1S/C37H32Cl3N3O9S/c1-53(47,48)28-16-23(18-41-19-28)21-51-35-26(20-45)17-32(38)36(43-35)52-22-25-4-2-6-30(33(25)39)31-7-3-5-29(34(31)40)24-8-10-27(11-9-24)49-14-15-50-37(46)42-12-13-44/h2-11,16-20,44H,12-15,21-22H2,1H3,(H,42,46). The maximum atomic E-state index is 11.9. The van der Waals surface area contributed by atoms with E-state index in [4.69, 9.17) is 58.9 Å². The molecule has 0 aliphatic carbocycles. The highest BCUT2D eigenvalue weighted by Crippen LogP contribution is 2.41. The second-order valence-electron chi connectivity index (χ2n) is 11.3. The topological polar surface area (TPSA) is 163 Å². The van der Waals surface area contributed by atoms with E-state index in [2.05, 4.69) is 15.3 Å². The average molecular weight is 801 g/mol. The van der Waals surface area contributed by atoms with E-state index in [0.29, 0.717) is 44.3 Å². The van der Waals surface area contributed by atoms with Crippen LogP contribution in [0.1, 0.15) is 21.5 Å². The Kier molecular flexibility index (Phi) is 13.5. The van der Waals surface area contributed by atoms with Crippen molar-refractivity contribution in [3.8, 4) is 39.8 Å². The monoisotopic (exact) mass is 799 g/mol. The number of rotatable bonds is 16. The molecule has 0 saturated carbocycles. The molecule has 2 aromatic heterocycles. The Hall–Kier alpha value is -4.92. The molecule has 2 heterocycles. The number of nitrogens with one attached hydrogen (secondary N) is 1. The van der Waals surface area contributed by atoms with Crippen molar-refractivity contribution in [3.63, 3.8) is 0 Å². The molecule has 53 heavy (non-hydrogen) atoms. The van der Waals surface area contributed by atoms with Gasteiger partial charge in [0, 0.05) is 53.0 Å². The van der Waals surface area contributed by atoms with Gasteiger partial charge in [-0.05, 0) is 29.8 Å². The van der Waals surface area contributed by atoms with Crippen molar-refractivity contribution in [2.24, 2.45) is 0 Å². The van der Waals surface area contributed by atoms with Crippen LogP contribution in [-0.2, 0) is 27.8 Å². The van der Waals surface area contributed by atoms with Gasteiger partial charge in [-0.25, -0.2) is 13.2 Å². The fourth-order valence-electron chi connectivity index (χ4n) is 4.91. The van der Waals surface area contributed by atoms with Gasteiger partial charge in [-0.2, -0.15) is 4.98 Å². The summed E-state index contributed by atoms with van der Waals surface area (Å²) in [5, 5.41) is 12.1. The van der Waals surface area contributed by atoms with Crippen molar-refractivity contribution in [2.75, 3.05) is 32.6 Å². The first kappa shape index (κ1) is 39.3. The number of benzene rings is 3. The van der Waals surface area contributed by atoms with Crippen molar-refractivity contribution in [1.29, 1.82) is 0 Å².